The predicted octanol–water partition coefficient (Wildman–Crippen LogP) is 8.82. The highest BCUT2D eigenvalue weighted by Gasteiger charge is 2.16. The van der Waals surface area contributed by atoms with Gasteiger partial charge in [-0.1, -0.05) is 84.9 Å². The van der Waals surface area contributed by atoms with E-state index in [4.69, 9.17) is 0 Å². The minimum atomic E-state index is 1.20. The van der Waals surface area contributed by atoms with Crippen molar-refractivity contribution in [2.24, 2.45) is 0 Å². The van der Waals surface area contributed by atoms with Crippen molar-refractivity contribution >= 4 is 53.3 Å². The first-order valence-corrected chi connectivity index (χ1v) is 11.7. The monoisotopic (exact) mass is 425 g/mol. The summed E-state index contributed by atoms with van der Waals surface area (Å²) in [6, 6.07) is 41.7. The van der Waals surface area contributed by atoms with Gasteiger partial charge in [-0.15, -0.1) is 11.3 Å². The number of thiophene rings is 1. The van der Waals surface area contributed by atoms with E-state index in [0.29, 0.717) is 0 Å². The van der Waals surface area contributed by atoms with Crippen LogP contribution in [0.25, 0.3) is 58.8 Å². The number of hydrogen-bond acceptors (Lipinski definition) is 1. The lowest BCUT2D eigenvalue weighted by Gasteiger charge is -2.12. The molecule has 0 bridgehead atoms. The molecule has 7 aromatic rings. The van der Waals surface area contributed by atoms with Gasteiger partial charge >= 0.3 is 0 Å². The minimum absolute atomic E-state index is 1.20. The lowest BCUT2D eigenvalue weighted by Crippen LogP contribution is -1.95. The Bertz CT molecular complexity index is 1770. The summed E-state index contributed by atoms with van der Waals surface area (Å²) in [4.78, 5) is 0. The van der Waals surface area contributed by atoms with Gasteiger partial charge in [0.05, 0.1) is 11.0 Å². The van der Waals surface area contributed by atoms with E-state index in [2.05, 4.69) is 120 Å². The molecule has 0 unspecified atom stereocenters. The third kappa shape index (κ3) is 2.50. The average molecular weight is 426 g/mol. The van der Waals surface area contributed by atoms with Crippen LogP contribution in [0.1, 0.15) is 0 Å². The SMILES string of the molecule is c1ccc(-c2cccc3c4ccccc4n(-c4ccc5sc6ccccc6c5c4)c23)cc1. The highest BCUT2D eigenvalue weighted by molar-refractivity contribution is 7.25. The van der Waals surface area contributed by atoms with Gasteiger partial charge in [-0.25, -0.2) is 0 Å². The third-order valence-corrected chi connectivity index (χ3v) is 7.55. The van der Waals surface area contributed by atoms with E-state index in [-0.39, 0.29) is 0 Å². The maximum absolute atomic E-state index is 2.44. The first-order chi connectivity index (χ1) is 15.9. The molecule has 7 rings (SSSR count). The fourth-order valence-corrected chi connectivity index (χ4v) is 6.08. The Labute approximate surface area is 189 Å². The van der Waals surface area contributed by atoms with Gasteiger partial charge in [0.1, 0.15) is 0 Å². The van der Waals surface area contributed by atoms with Crippen LogP contribution in [0.3, 0.4) is 0 Å². The summed E-state index contributed by atoms with van der Waals surface area (Å²) in [5, 5.41) is 5.23. The summed E-state index contributed by atoms with van der Waals surface area (Å²) in [6.45, 7) is 0. The Hall–Kier alpha value is -3.88. The van der Waals surface area contributed by atoms with Crippen molar-refractivity contribution < 1.29 is 0 Å². The summed E-state index contributed by atoms with van der Waals surface area (Å²) in [5.41, 5.74) is 6.21. The lowest BCUT2D eigenvalue weighted by atomic mass is 10.0. The molecular formula is C30H19NS. The van der Waals surface area contributed by atoms with E-state index in [1.54, 1.807) is 0 Å². The molecule has 5 aromatic carbocycles. The van der Waals surface area contributed by atoms with Crippen LogP contribution in [-0.4, -0.2) is 4.57 Å². The van der Waals surface area contributed by atoms with Crippen LogP contribution < -0.4 is 0 Å². The fraction of sp³-hybridized carbons (Fsp3) is 0. The zero-order valence-corrected chi connectivity index (χ0v) is 18.1. The van der Waals surface area contributed by atoms with Gasteiger partial charge in [0.2, 0.25) is 0 Å². The molecule has 2 heteroatoms. The summed E-state index contributed by atoms with van der Waals surface area (Å²) in [5.74, 6) is 0. The molecule has 0 spiro atoms. The Balaban J connectivity index is 1.63. The molecule has 32 heavy (non-hydrogen) atoms. The van der Waals surface area contributed by atoms with Crippen molar-refractivity contribution in [3.05, 3.63) is 115 Å². The van der Waals surface area contributed by atoms with E-state index in [1.807, 2.05) is 11.3 Å². The summed E-state index contributed by atoms with van der Waals surface area (Å²) in [6.07, 6.45) is 0. The highest BCUT2D eigenvalue weighted by atomic mass is 32.1. The lowest BCUT2D eigenvalue weighted by molar-refractivity contribution is 1.19. The van der Waals surface area contributed by atoms with Crippen molar-refractivity contribution in [3.8, 4) is 16.8 Å². The summed E-state index contributed by atoms with van der Waals surface area (Å²) < 4.78 is 5.12. The number of hydrogen-bond donors (Lipinski definition) is 0. The second-order valence-electron chi connectivity index (χ2n) is 8.20. The molecular weight excluding hydrogens is 406 g/mol. The molecule has 150 valence electrons. The molecule has 2 heterocycles. The standard InChI is InChI=1S/C30H19NS/c1-2-9-20(10-3-1)22-13-8-14-25-23-11-4-6-15-27(23)31(30(22)25)21-17-18-29-26(19-21)24-12-5-7-16-28(24)32-29/h1-19H. The van der Waals surface area contributed by atoms with Crippen molar-refractivity contribution in [1.82, 2.24) is 4.57 Å². The van der Waals surface area contributed by atoms with Crippen LogP contribution in [0.2, 0.25) is 0 Å². The molecule has 0 aliphatic carbocycles. The Kier molecular flexibility index (Phi) is 3.78. The van der Waals surface area contributed by atoms with Crippen molar-refractivity contribution in [2.75, 3.05) is 0 Å². The number of rotatable bonds is 2. The first kappa shape index (κ1) is 17.8. The molecule has 0 amide bonds. The number of para-hydroxylation sites is 2. The summed E-state index contributed by atoms with van der Waals surface area (Å²) in [7, 11) is 0. The van der Waals surface area contributed by atoms with Crippen LogP contribution in [-0.2, 0) is 0 Å². The third-order valence-electron chi connectivity index (χ3n) is 6.40. The summed E-state index contributed by atoms with van der Waals surface area (Å²) >= 11 is 1.87. The Morgan fingerprint density at radius 2 is 1.22 bits per heavy atom. The second kappa shape index (κ2) is 6.81. The van der Waals surface area contributed by atoms with Gasteiger partial charge in [-0.05, 0) is 35.9 Å². The van der Waals surface area contributed by atoms with Gasteiger partial charge in [0, 0.05) is 42.2 Å². The maximum Gasteiger partial charge on any atom is 0.0619 e. The number of fused-ring (bicyclic) bond motifs is 6. The highest BCUT2D eigenvalue weighted by Crippen LogP contribution is 2.40. The largest absolute Gasteiger partial charge is 0.309 e. The van der Waals surface area contributed by atoms with E-state index in [1.165, 1.54) is 58.8 Å². The molecule has 1 nitrogen and oxygen atoms in total. The van der Waals surface area contributed by atoms with Gasteiger partial charge in [0.15, 0.2) is 0 Å². The molecule has 0 saturated heterocycles. The first-order valence-electron chi connectivity index (χ1n) is 10.9. The van der Waals surface area contributed by atoms with Crippen molar-refractivity contribution in [3.63, 3.8) is 0 Å². The van der Waals surface area contributed by atoms with E-state index in [0.717, 1.165) is 0 Å². The van der Waals surface area contributed by atoms with Crippen LogP contribution in [0.4, 0.5) is 0 Å². The maximum atomic E-state index is 2.44. The molecule has 0 aliphatic heterocycles. The zero-order chi connectivity index (χ0) is 21.1. The van der Waals surface area contributed by atoms with Gasteiger partial charge in [-0.2, -0.15) is 0 Å². The van der Waals surface area contributed by atoms with E-state index < -0.39 is 0 Å². The number of nitrogens with zero attached hydrogens (tertiary/aromatic N) is 1. The van der Waals surface area contributed by atoms with Gasteiger partial charge in [-0.3, -0.25) is 0 Å². The van der Waals surface area contributed by atoms with E-state index in [9.17, 15) is 0 Å². The number of aromatic nitrogens is 1. The fourth-order valence-electron chi connectivity index (χ4n) is 4.99. The normalized spacial score (nSPS) is 11.8. The molecule has 0 aliphatic rings. The molecule has 0 radical (unpaired) electrons. The predicted molar refractivity (Wildman–Crippen MR) is 139 cm³/mol. The van der Waals surface area contributed by atoms with Crippen molar-refractivity contribution in [2.45, 2.75) is 0 Å². The molecule has 0 saturated carbocycles. The van der Waals surface area contributed by atoms with Gasteiger partial charge < -0.3 is 4.57 Å². The van der Waals surface area contributed by atoms with Crippen LogP contribution in [0, 0.1) is 0 Å². The molecule has 2 aromatic heterocycles. The topological polar surface area (TPSA) is 4.93 Å². The quantitative estimate of drug-likeness (QED) is 0.261. The average Bonchev–Trinajstić information content (AvgIpc) is 3.40. The van der Waals surface area contributed by atoms with Gasteiger partial charge in [0.25, 0.3) is 0 Å². The van der Waals surface area contributed by atoms with Crippen molar-refractivity contribution in [1.29, 1.82) is 0 Å². The molecule has 0 N–H and O–H groups in total. The van der Waals surface area contributed by atoms with E-state index >= 15 is 0 Å². The van der Waals surface area contributed by atoms with Crippen LogP contribution in [0.15, 0.2) is 115 Å². The zero-order valence-electron chi connectivity index (χ0n) is 17.3. The Morgan fingerprint density at radius 3 is 2.12 bits per heavy atom. The minimum Gasteiger partial charge on any atom is -0.309 e. The number of benzene rings is 5. The second-order valence-corrected chi connectivity index (χ2v) is 9.28. The Morgan fingerprint density at radius 1 is 0.500 bits per heavy atom. The smallest absolute Gasteiger partial charge is 0.0619 e. The van der Waals surface area contributed by atoms with Crippen LogP contribution in [0.5, 0.6) is 0 Å². The molecule has 0 atom stereocenters. The van der Waals surface area contributed by atoms with Crippen LogP contribution >= 0.6 is 11.3 Å². The molecule has 0 fully saturated rings.